The van der Waals surface area contributed by atoms with Crippen molar-refractivity contribution in [3.8, 4) is 0 Å². The van der Waals surface area contributed by atoms with Crippen LogP contribution in [0.15, 0.2) is 78.9 Å². The average Bonchev–Trinajstić information content (AvgIpc) is 3.30. The number of ether oxygens (including phenoxy) is 1. The first-order valence-corrected chi connectivity index (χ1v) is 11.3. The van der Waals surface area contributed by atoms with Crippen LogP contribution in [0.4, 0.5) is 30.2 Å². The van der Waals surface area contributed by atoms with Crippen LogP contribution in [0.1, 0.15) is 24.5 Å². The van der Waals surface area contributed by atoms with Gasteiger partial charge in [-0.3, -0.25) is 14.5 Å². The number of nitrogens with one attached hydrogen (secondary N) is 2. The van der Waals surface area contributed by atoms with Gasteiger partial charge in [0.2, 0.25) is 5.91 Å². The summed E-state index contributed by atoms with van der Waals surface area (Å²) in [6, 6.07) is 6.41. The SMILES string of the molecule is COCCn1cc(Nc2cncc(C3(C(=O)Nc4cccc(C(F)(F)F)c4)C=CC(C)=CC3)c2)cn1. The Labute approximate surface area is 206 Å². The Morgan fingerprint density at radius 1 is 1.17 bits per heavy atom. The van der Waals surface area contributed by atoms with Crippen molar-refractivity contribution in [1.82, 2.24) is 14.8 Å². The normalized spacial score (nSPS) is 17.5. The molecular formula is C26H26F3N5O2. The third-order valence-electron chi connectivity index (χ3n) is 5.93. The predicted molar refractivity (Wildman–Crippen MR) is 131 cm³/mol. The second kappa shape index (κ2) is 10.4. The Kier molecular flexibility index (Phi) is 7.25. The molecule has 3 aromatic rings. The fourth-order valence-corrected chi connectivity index (χ4v) is 3.92. The smallest absolute Gasteiger partial charge is 0.383 e. The highest BCUT2D eigenvalue weighted by Gasteiger charge is 2.39. The molecule has 7 nitrogen and oxygen atoms in total. The number of nitrogens with zero attached hydrogens (tertiary/aromatic N) is 3. The molecule has 1 aromatic carbocycles. The summed E-state index contributed by atoms with van der Waals surface area (Å²) in [5.41, 5.74) is 1.06. The Morgan fingerprint density at radius 2 is 2.00 bits per heavy atom. The van der Waals surface area contributed by atoms with E-state index < -0.39 is 23.1 Å². The molecule has 0 aliphatic heterocycles. The van der Waals surface area contributed by atoms with Crippen LogP contribution in [0.3, 0.4) is 0 Å². The van der Waals surface area contributed by atoms with Crippen molar-refractivity contribution in [2.24, 2.45) is 0 Å². The van der Waals surface area contributed by atoms with Gasteiger partial charge in [0, 0.05) is 25.2 Å². The summed E-state index contributed by atoms with van der Waals surface area (Å²) < 4.78 is 46.3. The van der Waals surface area contributed by atoms with Crippen LogP contribution in [-0.2, 0) is 27.7 Å². The highest BCUT2D eigenvalue weighted by molar-refractivity contribution is 6.01. The number of hydrogen-bond acceptors (Lipinski definition) is 5. The molecular weight excluding hydrogens is 471 g/mol. The van der Waals surface area contributed by atoms with Crippen LogP contribution in [0.25, 0.3) is 0 Å². The maximum atomic E-state index is 13.6. The summed E-state index contributed by atoms with van der Waals surface area (Å²) in [4.78, 5) is 17.9. The highest BCUT2D eigenvalue weighted by atomic mass is 19.4. The minimum Gasteiger partial charge on any atom is -0.383 e. The summed E-state index contributed by atoms with van der Waals surface area (Å²) in [6.45, 7) is 3.05. The predicted octanol–water partition coefficient (Wildman–Crippen LogP) is 5.47. The first kappa shape index (κ1) is 25.2. The number of halogens is 3. The van der Waals surface area contributed by atoms with Crippen LogP contribution in [-0.4, -0.2) is 34.4 Å². The summed E-state index contributed by atoms with van der Waals surface area (Å²) >= 11 is 0. The molecule has 1 amide bonds. The Balaban J connectivity index is 1.61. The molecule has 0 bridgehead atoms. The molecule has 1 aliphatic rings. The van der Waals surface area contributed by atoms with Gasteiger partial charge in [0.05, 0.1) is 47.9 Å². The van der Waals surface area contributed by atoms with Gasteiger partial charge in [-0.25, -0.2) is 0 Å². The van der Waals surface area contributed by atoms with Crippen molar-refractivity contribution in [3.05, 3.63) is 90.0 Å². The molecule has 4 rings (SSSR count). The number of rotatable bonds is 8. The molecule has 2 aromatic heterocycles. The third kappa shape index (κ3) is 5.65. The van der Waals surface area contributed by atoms with Gasteiger partial charge in [-0.1, -0.05) is 29.9 Å². The zero-order chi connectivity index (χ0) is 25.8. The maximum Gasteiger partial charge on any atom is 0.416 e. The third-order valence-corrected chi connectivity index (χ3v) is 5.93. The lowest BCUT2D eigenvalue weighted by molar-refractivity contribution is -0.137. The molecule has 1 atom stereocenters. The molecule has 188 valence electrons. The molecule has 2 N–H and O–H groups in total. The van der Waals surface area contributed by atoms with Crippen LogP contribution < -0.4 is 10.6 Å². The first-order chi connectivity index (χ1) is 17.2. The highest BCUT2D eigenvalue weighted by Crippen LogP contribution is 2.37. The molecule has 0 saturated carbocycles. The van der Waals surface area contributed by atoms with Crippen molar-refractivity contribution >= 4 is 23.0 Å². The maximum absolute atomic E-state index is 13.6. The molecule has 2 heterocycles. The summed E-state index contributed by atoms with van der Waals surface area (Å²) in [5.74, 6) is -0.451. The van der Waals surface area contributed by atoms with Crippen molar-refractivity contribution < 1.29 is 22.7 Å². The van der Waals surface area contributed by atoms with Crippen LogP contribution in [0, 0.1) is 0 Å². The second-order valence-electron chi connectivity index (χ2n) is 8.56. The van der Waals surface area contributed by atoms with Gasteiger partial charge in [0.25, 0.3) is 0 Å². The molecule has 1 aliphatic carbocycles. The fraction of sp³-hybridized carbons (Fsp3) is 0.269. The molecule has 36 heavy (non-hydrogen) atoms. The summed E-state index contributed by atoms with van der Waals surface area (Å²) in [5, 5.41) is 10.2. The number of alkyl halides is 3. The van der Waals surface area contributed by atoms with E-state index in [9.17, 15) is 18.0 Å². The van der Waals surface area contributed by atoms with Gasteiger partial charge >= 0.3 is 6.18 Å². The van der Waals surface area contributed by atoms with Crippen molar-refractivity contribution in [1.29, 1.82) is 0 Å². The van der Waals surface area contributed by atoms with E-state index >= 15 is 0 Å². The standard InChI is InChI=1S/C26H26F3N5O2/c1-18-6-8-25(9-7-18,24(35)33-21-5-3-4-19(12-21)26(27,28)29)20-13-22(15-30-14-20)32-23-16-31-34(17-23)10-11-36-2/h3-8,12-17,32H,9-11H2,1-2H3,(H,33,35). The quantitative estimate of drug-likeness (QED) is 0.431. The van der Waals surface area contributed by atoms with E-state index in [-0.39, 0.29) is 5.69 Å². The van der Waals surface area contributed by atoms with Gasteiger partial charge in [-0.15, -0.1) is 0 Å². The molecule has 10 heteroatoms. The molecule has 0 spiro atoms. The number of carbonyl (C=O) groups excluding carboxylic acids is 1. The van der Waals surface area contributed by atoms with E-state index in [1.54, 1.807) is 36.5 Å². The summed E-state index contributed by atoms with van der Waals surface area (Å²) in [6.07, 6.45) is 8.07. The van der Waals surface area contributed by atoms with Crippen LogP contribution >= 0.6 is 0 Å². The van der Waals surface area contributed by atoms with E-state index in [0.29, 0.717) is 30.8 Å². The van der Waals surface area contributed by atoms with Gasteiger partial charge < -0.3 is 15.4 Å². The molecule has 0 fully saturated rings. The fourth-order valence-electron chi connectivity index (χ4n) is 3.92. The van der Waals surface area contributed by atoms with Crippen LogP contribution in [0.2, 0.25) is 0 Å². The monoisotopic (exact) mass is 497 g/mol. The topological polar surface area (TPSA) is 81.1 Å². The lowest BCUT2D eigenvalue weighted by Crippen LogP contribution is -2.39. The Hall–Kier alpha value is -3.92. The average molecular weight is 498 g/mol. The number of pyridine rings is 1. The first-order valence-electron chi connectivity index (χ1n) is 11.3. The van der Waals surface area contributed by atoms with E-state index in [0.717, 1.165) is 23.4 Å². The zero-order valence-corrected chi connectivity index (χ0v) is 19.8. The van der Waals surface area contributed by atoms with Crippen molar-refractivity contribution in [2.45, 2.75) is 31.5 Å². The number of hydrogen-bond donors (Lipinski definition) is 2. The Morgan fingerprint density at radius 3 is 2.72 bits per heavy atom. The second-order valence-corrected chi connectivity index (χ2v) is 8.56. The van der Waals surface area contributed by atoms with E-state index in [4.69, 9.17) is 4.74 Å². The lowest BCUT2D eigenvalue weighted by Gasteiger charge is -2.31. The zero-order valence-electron chi connectivity index (χ0n) is 19.8. The van der Waals surface area contributed by atoms with Crippen molar-refractivity contribution in [3.63, 3.8) is 0 Å². The number of carbonyl (C=O) groups is 1. The van der Waals surface area contributed by atoms with Gasteiger partial charge in [-0.05, 0) is 43.2 Å². The van der Waals surface area contributed by atoms with Crippen LogP contribution in [0.5, 0.6) is 0 Å². The largest absolute Gasteiger partial charge is 0.416 e. The van der Waals surface area contributed by atoms with E-state index in [2.05, 4.69) is 20.7 Å². The van der Waals surface area contributed by atoms with E-state index in [1.165, 1.54) is 12.1 Å². The number of allylic oxidation sites excluding steroid dienone is 3. The number of amides is 1. The molecule has 1 unspecified atom stereocenters. The minimum atomic E-state index is -4.51. The van der Waals surface area contributed by atoms with Gasteiger partial charge in [0.1, 0.15) is 0 Å². The minimum absolute atomic E-state index is 0.0691. The number of anilines is 3. The number of aromatic nitrogens is 3. The van der Waals surface area contributed by atoms with Crippen molar-refractivity contribution in [2.75, 3.05) is 24.4 Å². The lowest BCUT2D eigenvalue weighted by atomic mass is 9.74. The summed E-state index contributed by atoms with van der Waals surface area (Å²) in [7, 11) is 1.62. The number of methoxy groups -OCH3 is 1. The molecule has 0 saturated heterocycles. The number of benzene rings is 1. The van der Waals surface area contributed by atoms with Gasteiger partial charge in [-0.2, -0.15) is 18.3 Å². The van der Waals surface area contributed by atoms with Gasteiger partial charge in [0.15, 0.2) is 0 Å². The Bertz CT molecular complexity index is 1300. The van der Waals surface area contributed by atoms with E-state index in [1.807, 2.05) is 31.3 Å². The molecule has 0 radical (unpaired) electrons.